The number of likely N-dealkylation sites (tertiary alicyclic amines) is 2. The highest BCUT2D eigenvalue weighted by molar-refractivity contribution is 7.90. The van der Waals surface area contributed by atoms with E-state index >= 15 is 0 Å². The summed E-state index contributed by atoms with van der Waals surface area (Å²) in [4.78, 5) is 22.4. The maximum absolute atomic E-state index is 13.5. The lowest BCUT2D eigenvalue weighted by atomic mass is 9.96. The predicted octanol–water partition coefficient (Wildman–Crippen LogP) is 3.62. The minimum Gasteiger partial charge on any atom is -0.343 e. The van der Waals surface area contributed by atoms with Gasteiger partial charge in [-0.3, -0.25) is 4.79 Å². The fourth-order valence-electron chi connectivity index (χ4n) is 5.19. The quantitative estimate of drug-likeness (QED) is 0.560. The van der Waals surface area contributed by atoms with Gasteiger partial charge in [0, 0.05) is 31.1 Å². The first-order valence-electron chi connectivity index (χ1n) is 11.4. The molecular formula is C24H24N4O3S2. The molecule has 3 aliphatic rings. The smallest absolute Gasteiger partial charge is 0.285 e. The van der Waals surface area contributed by atoms with Gasteiger partial charge in [-0.15, -0.1) is 15.7 Å². The molecule has 3 aliphatic heterocycles. The summed E-state index contributed by atoms with van der Waals surface area (Å²) in [7, 11) is -3.70. The van der Waals surface area contributed by atoms with Crippen LogP contribution in [-0.2, 0) is 14.8 Å². The molecule has 2 saturated heterocycles. The number of hydrogen-bond acceptors (Lipinski definition) is 6. The van der Waals surface area contributed by atoms with Crippen LogP contribution < -0.4 is 0 Å². The first kappa shape index (κ1) is 20.8. The van der Waals surface area contributed by atoms with Crippen molar-refractivity contribution in [2.75, 3.05) is 19.6 Å². The van der Waals surface area contributed by atoms with E-state index in [9.17, 15) is 13.2 Å². The standard InChI is InChI=1S/C24H24N4O3S2/c29-24(27-14-11-16(12-15-27)23-25-18-7-2-3-9-20(18)32-23)19-8-5-13-28(19)22-17-6-1-4-10-21(17)33(30,31)26-22/h1-4,6-7,9-10,16,19H,5,8,11-15H2/t19-/m0/s1. The monoisotopic (exact) mass is 480 g/mol. The van der Waals surface area contributed by atoms with Crippen LogP contribution in [0.2, 0.25) is 0 Å². The van der Waals surface area contributed by atoms with E-state index in [1.807, 2.05) is 34.1 Å². The van der Waals surface area contributed by atoms with Gasteiger partial charge in [0.15, 0.2) is 5.84 Å². The van der Waals surface area contributed by atoms with E-state index in [0.29, 0.717) is 37.0 Å². The second-order valence-corrected chi connectivity index (χ2v) is 11.5. The number of piperidine rings is 1. The van der Waals surface area contributed by atoms with E-state index < -0.39 is 10.0 Å². The fourth-order valence-corrected chi connectivity index (χ4v) is 7.55. The highest BCUT2D eigenvalue weighted by Crippen LogP contribution is 2.35. The van der Waals surface area contributed by atoms with Crippen molar-refractivity contribution in [3.8, 4) is 0 Å². The van der Waals surface area contributed by atoms with Gasteiger partial charge in [0.2, 0.25) is 5.91 Å². The molecule has 6 rings (SSSR count). The normalized spacial score (nSPS) is 22.5. The molecule has 2 aromatic carbocycles. The van der Waals surface area contributed by atoms with Gasteiger partial charge in [0.1, 0.15) is 10.9 Å². The summed E-state index contributed by atoms with van der Waals surface area (Å²) >= 11 is 1.75. The van der Waals surface area contributed by atoms with Crippen molar-refractivity contribution in [1.29, 1.82) is 0 Å². The highest BCUT2D eigenvalue weighted by atomic mass is 32.2. The molecule has 0 unspecified atom stereocenters. The third-order valence-corrected chi connectivity index (χ3v) is 9.41. The number of amides is 1. The number of aromatic nitrogens is 1. The minimum absolute atomic E-state index is 0.0831. The zero-order valence-corrected chi connectivity index (χ0v) is 19.7. The number of thiazole rings is 1. The van der Waals surface area contributed by atoms with Crippen molar-refractivity contribution in [3.05, 3.63) is 59.1 Å². The lowest BCUT2D eigenvalue weighted by molar-refractivity contribution is -0.135. The average molecular weight is 481 g/mol. The van der Waals surface area contributed by atoms with E-state index in [1.54, 1.807) is 29.5 Å². The number of nitrogens with zero attached hydrogens (tertiary/aromatic N) is 4. The molecule has 0 bridgehead atoms. The predicted molar refractivity (Wildman–Crippen MR) is 128 cm³/mol. The first-order chi connectivity index (χ1) is 16.0. The maximum Gasteiger partial charge on any atom is 0.285 e. The maximum atomic E-state index is 13.5. The lowest BCUT2D eigenvalue weighted by Gasteiger charge is -2.35. The Morgan fingerprint density at radius 1 is 0.970 bits per heavy atom. The Balaban J connectivity index is 1.18. The fraction of sp³-hybridized carbons (Fsp3) is 0.375. The minimum atomic E-state index is -3.70. The third-order valence-electron chi connectivity index (χ3n) is 6.89. The Labute approximate surface area is 196 Å². The summed E-state index contributed by atoms with van der Waals surface area (Å²) in [5, 5.41) is 1.16. The summed E-state index contributed by atoms with van der Waals surface area (Å²) in [6, 6.07) is 14.7. The van der Waals surface area contributed by atoms with Gasteiger partial charge >= 0.3 is 0 Å². The van der Waals surface area contributed by atoms with E-state index in [4.69, 9.17) is 4.98 Å². The molecule has 0 aliphatic carbocycles. The Hall–Kier alpha value is -2.78. The molecule has 1 amide bonds. The Bertz CT molecular complexity index is 1340. The van der Waals surface area contributed by atoms with Crippen LogP contribution in [0.5, 0.6) is 0 Å². The number of rotatable bonds is 2. The molecular weight excluding hydrogens is 456 g/mol. The number of sulfonamides is 1. The van der Waals surface area contributed by atoms with Crippen LogP contribution in [0.15, 0.2) is 57.8 Å². The van der Waals surface area contributed by atoms with E-state index in [1.165, 1.54) is 4.70 Å². The summed E-state index contributed by atoms with van der Waals surface area (Å²) in [6.45, 7) is 2.04. The van der Waals surface area contributed by atoms with Crippen molar-refractivity contribution in [2.45, 2.75) is 42.5 Å². The molecule has 170 valence electrons. The SMILES string of the molecule is O=C([C@@H]1CCCN1C1=NS(=O)(=O)c2ccccc21)N1CCC(c2nc3ccccc3s2)CC1. The largest absolute Gasteiger partial charge is 0.343 e. The van der Waals surface area contributed by atoms with Crippen LogP contribution in [0.3, 0.4) is 0 Å². The first-order valence-corrected chi connectivity index (χ1v) is 13.6. The van der Waals surface area contributed by atoms with Crippen molar-refractivity contribution >= 4 is 43.3 Å². The molecule has 0 N–H and O–H groups in total. The molecule has 2 fully saturated rings. The summed E-state index contributed by atoms with van der Waals surface area (Å²) in [5.74, 6) is 0.882. The number of amidine groups is 1. The second kappa shape index (κ2) is 7.92. The molecule has 33 heavy (non-hydrogen) atoms. The number of hydrogen-bond donors (Lipinski definition) is 0. The van der Waals surface area contributed by atoms with E-state index in [0.717, 1.165) is 36.2 Å². The van der Waals surface area contributed by atoms with Crippen molar-refractivity contribution < 1.29 is 13.2 Å². The van der Waals surface area contributed by atoms with Gasteiger partial charge in [0.25, 0.3) is 10.0 Å². The topological polar surface area (TPSA) is 82.9 Å². The van der Waals surface area contributed by atoms with Crippen LogP contribution in [0, 0.1) is 0 Å². The number of para-hydroxylation sites is 1. The van der Waals surface area contributed by atoms with Crippen molar-refractivity contribution in [3.63, 3.8) is 0 Å². The van der Waals surface area contributed by atoms with E-state index in [-0.39, 0.29) is 16.8 Å². The molecule has 0 spiro atoms. The van der Waals surface area contributed by atoms with Crippen molar-refractivity contribution in [2.24, 2.45) is 4.40 Å². The van der Waals surface area contributed by atoms with Gasteiger partial charge in [-0.1, -0.05) is 24.3 Å². The average Bonchev–Trinajstić information content (AvgIpc) is 3.55. The summed E-state index contributed by atoms with van der Waals surface area (Å²) in [5.41, 5.74) is 1.65. The van der Waals surface area contributed by atoms with Crippen LogP contribution in [0.25, 0.3) is 10.2 Å². The van der Waals surface area contributed by atoms with Crippen LogP contribution in [0.4, 0.5) is 0 Å². The van der Waals surface area contributed by atoms with Gasteiger partial charge < -0.3 is 9.80 Å². The molecule has 7 nitrogen and oxygen atoms in total. The molecule has 3 aromatic rings. The third kappa shape index (κ3) is 3.54. The number of benzene rings is 2. The van der Waals surface area contributed by atoms with Crippen LogP contribution in [0.1, 0.15) is 42.2 Å². The van der Waals surface area contributed by atoms with Gasteiger partial charge in [0.05, 0.1) is 15.2 Å². The molecule has 0 radical (unpaired) electrons. The Kier molecular flexibility index (Phi) is 4.99. The molecule has 4 heterocycles. The van der Waals surface area contributed by atoms with Crippen LogP contribution >= 0.6 is 11.3 Å². The van der Waals surface area contributed by atoms with Gasteiger partial charge in [-0.2, -0.15) is 8.42 Å². The van der Waals surface area contributed by atoms with Crippen LogP contribution in [-0.4, -0.2) is 60.6 Å². The highest BCUT2D eigenvalue weighted by Gasteiger charge is 2.41. The molecule has 1 aromatic heterocycles. The van der Waals surface area contributed by atoms with E-state index in [2.05, 4.69) is 10.5 Å². The summed E-state index contributed by atoms with van der Waals surface area (Å²) < 4.78 is 30.3. The number of fused-ring (bicyclic) bond motifs is 2. The zero-order chi connectivity index (χ0) is 22.6. The molecule has 0 saturated carbocycles. The van der Waals surface area contributed by atoms with Crippen molar-refractivity contribution in [1.82, 2.24) is 14.8 Å². The Morgan fingerprint density at radius 2 is 1.73 bits per heavy atom. The molecule has 9 heteroatoms. The zero-order valence-electron chi connectivity index (χ0n) is 18.1. The Morgan fingerprint density at radius 3 is 2.55 bits per heavy atom. The molecule has 1 atom stereocenters. The summed E-state index contributed by atoms with van der Waals surface area (Å²) in [6.07, 6.45) is 3.37. The second-order valence-electron chi connectivity index (χ2n) is 8.86. The van der Waals surface area contributed by atoms with Gasteiger partial charge in [-0.05, 0) is 49.9 Å². The lowest BCUT2D eigenvalue weighted by Crippen LogP contribution is -2.49. The number of carbonyl (C=O) groups is 1. The number of carbonyl (C=O) groups excluding carboxylic acids is 1. The van der Waals surface area contributed by atoms with Gasteiger partial charge in [-0.25, -0.2) is 4.98 Å².